The van der Waals surface area contributed by atoms with Gasteiger partial charge >= 0.3 is 0 Å². The van der Waals surface area contributed by atoms with Crippen LogP contribution in [0.4, 0.5) is 5.69 Å². The Hall–Kier alpha value is -1.24. The van der Waals surface area contributed by atoms with Crippen molar-refractivity contribution in [3.63, 3.8) is 0 Å². The average molecular weight is 243 g/mol. The van der Waals surface area contributed by atoms with Gasteiger partial charge in [0.25, 0.3) is 0 Å². The number of nitrogens with zero attached hydrogens (tertiary/aromatic N) is 1. The Balaban J connectivity index is 2.68. The molecular formula is C10H8Cl2N2O. The molecule has 0 radical (unpaired) electrons. The lowest BCUT2D eigenvalue weighted by Crippen LogP contribution is -2.11. The highest BCUT2D eigenvalue weighted by atomic mass is 35.5. The van der Waals surface area contributed by atoms with Gasteiger partial charge in [0.1, 0.15) is 0 Å². The number of amides is 1. The Morgan fingerprint density at radius 2 is 2.20 bits per heavy atom. The van der Waals surface area contributed by atoms with Crippen LogP contribution < -0.4 is 5.32 Å². The van der Waals surface area contributed by atoms with E-state index in [0.717, 1.165) is 0 Å². The highest BCUT2D eigenvalue weighted by Gasteiger charge is 2.05. The smallest absolute Gasteiger partial charge is 0.225 e. The van der Waals surface area contributed by atoms with Gasteiger partial charge in [-0.1, -0.05) is 23.2 Å². The first-order valence-corrected chi connectivity index (χ1v) is 5.01. The van der Waals surface area contributed by atoms with E-state index < -0.39 is 0 Å². The van der Waals surface area contributed by atoms with E-state index in [1.165, 1.54) is 0 Å². The zero-order chi connectivity index (χ0) is 11.3. The van der Waals surface area contributed by atoms with Crippen LogP contribution in [0.25, 0.3) is 0 Å². The van der Waals surface area contributed by atoms with Gasteiger partial charge in [0.15, 0.2) is 0 Å². The van der Waals surface area contributed by atoms with Crippen molar-refractivity contribution in [3.05, 3.63) is 28.2 Å². The summed E-state index contributed by atoms with van der Waals surface area (Å²) < 4.78 is 0. The Kier molecular flexibility index (Phi) is 4.41. The largest absolute Gasteiger partial charge is 0.325 e. The van der Waals surface area contributed by atoms with Crippen LogP contribution in [0.15, 0.2) is 18.2 Å². The highest BCUT2D eigenvalue weighted by molar-refractivity contribution is 6.35. The van der Waals surface area contributed by atoms with E-state index >= 15 is 0 Å². The summed E-state index contributed by atoms with van der Waals surface area (Å²) in [5, 5.41) is 11.8. The van der Waals surface area contributed by atoms with Crippen LogP contribution in [-0.2, 0) is 4.79 Å². The molecule has 5 heteroatoms. The maximum absolute atomic E-state index is 11.3. The number of benzene rings is 1. The molecule has 1 N–H and O–H groups in total. The molecule has 0 spiro atoms. The van der Waals surface area contributed by atoms with Gasteiger partial charge in [0, 0.05) is 17.9 Å². The third-order valence-electron chi connectivity index (χ3n) is 1.67. The van der Waals surface area contributed by atoms with Crippen molar-refractivity contribution in [1.29, 1.82) is 5.26 Å². The molecular weight excluding hydrogens is 235 g/mol. The predicted molar refractivity (Wildman–Crippen MR) is 59.9 cm³/mol. The van der Waals surface area contributed by atoms with Crippen LogP contribution in [0.2, 0.25) is 10.0 Å². The maximum Gasteiger partial charge on any atom is 0.225 e. The molecule has 0 heterocycles. The molecule has 0 aliphatic carbocycles. The Morgan fingerprint density at radius 3 is 2.87 bits per heavy atom. The number of carbonyl (C=O) groups excluding carboxylic acids is 1. The topological polar surface area (TPSA) is 52.9 Å². The molecule has 15 heavy (non-hydrogen) atoms. The first-order valence-electron chi connectivity index (χ1n) is 4.25. The van der Waals surface area contributed by atoms with E-state index in [0.29, 0.717) is 15.7 Å². The van der Waals surface area contributed by atoms with Crippen molar-refractivity contribution in [2.24, 2.45) is 0 Å². The normalized spacial score (nSPS) is 9.40. The molecule has 0 unspecified atom stereocenters. The fourth-order valence-electron chi connectivity index (χ4n) is 0.975. The second kappa shape index (κ2) is 5.59. The standard InChI is InChI=1S/C10H8Cl2N2O/c11-7-3-4-8(12)9(6-7)14-10(15)2-1-5-13/h3-4,6H,1-2H2,(H,14,15). The van der Waals surface area contributed by atoms with Crippen LogP contribution in [0.1, 0.15) is 12.8 Å². The second-order valence-corrected chi connectivity index (χ2v) is 3.67. The van der Waals surface area contributed by atoms with Crippen molar-refractivity contribution in [3.8, 4) is 6.07 Å². The van der Waals surface area contributed by atoms with Crippen molar-refractivity contribution in [1.82, 2.24) is 0 Å². The Bertz CT molecular complexity index is 412. The third kappa shape index (κ3) is 3.78. The van der Waals surface area contributed by atoms with Crippen molar-refractivity contribution >= 4 is 34.8 Å². The number of halogens is 2. The zero-order valence-electron chi connectivity index (χ0n) is 7.76. The Labute approximate surface area is 97.6 Å². The van der Waals surface area contributed by atoms with E-state index in [2.05, 4.69) is 5.32 Å². The molecule has 1 amide bonds. The van der Waals surface area contributed by atoms with Gasteiger partial charge in [-0.2, -0.15) is 5.26 Å². The predicted octanol–water partition coefficient (Wildman–Crippen LogP) is 3.24. The van der Waals surface area contributed by atoms with Gasteiger partial charge in [0.05, 0.1) is 16.8 Å². The molecule has 0 aromatic heterocycles. The summed E-state index contributed by atoms with van der Waals surface area (Å²) >= 11 is 11.6. The molecule has 0 saturated carbocycles. The minimum Gasteiger partial charge on any atom is -0.325 e. The van der Waals surface area contributed by atoms with E-state index in [4.69, 9.17) is 28.5 Å². The molecule has 0 fully saturated rings. The van der Waals surface area contributed by atoms with Crippen LogP contribution in [-0.4, -0.2) is 5.91 Å². The van der Waals surface area contributed by atoms with Crippen LogP contribution >= 0.6 is 23.2 Å². The Morgan fingerprint density at radius 1 is 1.47 bits per heavy atom. The molecule has 0 bridgehead atoms. The number of rotatable bonds is 3. The molecule has 1 rings (SSSR count). The van der Waals surface area contributed by atoms with Gasteiger partial charge < -0.3 is 5.32 Å². The molecule has 0 aliphatic rings. The van der Waals surface area contributed by atoms with Crippen molar-refractivity contribution < 1.29 is 4.79 Å². The lowest BCUT2D eigenvalue weighted by Gasteiger charge is -2.06. The summed E-state index contributed by atoms with van der Waals surface area (Å²) in [5.41, 5.74) is 0.465. The van der Waals surface area contributed by atoms with Crippen LogP contribution in [0, 0.1) is 11.3 Å². The van der Waals surface area contributed by atoms with Gasteiger partial charge in [0.2, 0.25) is 5.91 Å². The minimum absolute atomic E-state index is 0.152. The monoisotopic (exact) mass is 242 g/mol. The third-order valence-corrected chi connectivity index (χ3v) is 2.23. The first kappa shape index (κ1) is 11.8. The van der Waals surface area contributed by atoms with E-state index in [9.17, 15) is 4.79 Å². The summed E-state index contributed by atoms with van der Waals surface area (Å²) in [4.78, 5) is 11.3. The molecule has 1 aromatic carbocycles. The number of anilines is 1. The van der Waals surface area contributed by atoms with E-state index in [1.807, 2.05) is 6.07 Å². The number of carbonyl (C=O) groups is 1. The number of nitriles is 1. The lowest BCUT2D eigenvalue weighted by molar-refractivity contribution is -0.116. The highest BCUT2D eigenvalue weighted by Crippen LogP contribution is 2.25. The summed E-state index contributed by atoms with van der Waals surface area (Å²) in [7, 11) is 0. The van der Waals surface area contributed by atoms with Gasteiger partial charge in [-0.25, -0.2) is 0 Å². The number of hydrogen-bond acceptors (Lipinski definition) is 2. The lowest BCUT2D eigenvalue weighted by atomic mass is 10.3. The minimum atomic E-state index is -0.249. The molecule has 0 saturated heterocycles. The quantitative estimate of drug-likeness (QED) is 0.885. The average Bonchev–Trinajstić information content (AvgIpc) is 2.20. The summed E-state index contributed by atoms with van der Waals surface area (Å²) in [6.45, 7) is 0. The molecule has 0 aliphatic heterocycles. The van der Waals surface area contributed by atoms with E-state index in [1.54, 1.807) is 18.2 Å². The summed E-state index contributed by atoms with van der Waals surface area (Å²) in [6, 6.07) is 6.69. The SMILES string of the molecule is N#CCCC(=O)Nc1cc(Cl)ccc1Cl. The van der Waals surface area contributed by atoms with Crippen molar-refractivity contribution in [2.75, 3.05) is 5.32 Å². The van der Waals surface area contributed by atoms with E-state index in [-0.39, 0.29) is 18.7 Å². The summed E-state index contributed by atoms with van der Waals surface area (Å²) in [5.74, 6) is -0.249. The molecule has 0 atom stereocenters. The molecule has 1 aromatic rings. The van der Waals surface area contributed by atoms with Crippen LogP contribution in [0.5, 0.6) is 0 Å². The number of hydrogen-bond donors (Lipinski definition) is 1. The molecule has 3 nitrogen and oxygen atoms in total. The fraction of sp³-hybridized carbons (Fsp3) is 0.200. The first-order chi connectivity index (χ1) is 7.13. The van der Waals surface area contributed by atoms with Crippen molar-refractivity contribution in [2.45, 2.75) is 12.8 Å². The fourth-order valence-corrected chi connectivity index (χ4v) is 1.31. The zero-order valence-corrected chi connectivity index (χ0v) is 9.27. The van der Waals surface area contributed by atoms with Gasteiger partial charge in [-0.3, -0.25) is 4.79 Å². The maximum atomic E-state index is 11.3. The number of nitrogens with one attached hydrogen (secondary N) is 1. The van der Waals surface area contributed by atoms with Crippen LogP contribution in [0.3, 0.4) is 0 Å². The van der Waals surface area contributed by atoms with Gasteiger partial charge in [-0.15, -0.1) is 0 Å². The van der Waals surface area contributed by atoms with Gasteiger partial charge in [-0.05, 0) is 18.2 Å². The second-order valence-electron chi connectivity index (χ2n) is 2.83. The molecule has 78 valence electrons. The summed E-state index contributed by atoms with van der Waals surface area (Å²) in [6.07, 6.45) is 0.337.